The van der Waals surface area contributed by atoms with Crippen molar-refractivity contribution in [1.29, 1.82) is 0 Å². The molecule has 1 aliphatic heterocycles. The van der Waals surface area contributed by atoms with Gasteiger partial charge in [0.2, 0.25) is 0 Å². The number of nitrogen functional groups attached to an aromatic ring is 1. The van der Waals surface area contributed by atoms with E-state index in [1.54, 1.807) is 35.5 Å². The first-order valence-corrected chi connectivity index (χ1v) is 8.16. The lowest BCUT2D eigenvalue weighted by molar-refractivity contribution is 0.00817. The molecule has 2 aromatic heterocycles. The minimum atomic E-state index is -0.490. The average Bonchev–Trinajstić information content (AvgIpc) is 2.47. The monoisotopic (exact) mass is 342 g/mol. The first-order chi connectivity index (χ1) is 11.7. The Balaban J connectivity index is 1.66. The molecule has 132 valence electrons. The Morgan fingerprint density at radius 3 is 2.60 bits per heavy atom. The number of anilines is 1. The molecule has 2 N–H and O–H groups in total. The lowest BCUT2D eigenvalue weighted by atomic mass is 9.93. The molecule has 0 radical (unpaired) electrons. The quantitative estimate of drug-likeness (QED) is 0.903. The van der Waals surface area contributed by atoms with Crippen LogP contribution in [0.15, 0.2) is 41.5 Å². The van der Waals surface area contributed by atoms with Gasteiger partial charge >= 0.3 is 6.09 Å². The van der Waals surface area contributed by atoms with Crippen molar-refractivity contribution >= 4 is 11.8 Å². The Morgan fingerprint density at radius 1 is 1.28 bits per heavy atom. The van der Waals surface area contributed by atoms with Crippen molar-refractivity contribution in [2.75, 3.05) is 18.8 Å². The number of hydrogen-bond acceptors (Lipinski definition) is 5. The highest BCUT2D eigenvalue weighted by atomic mass is 16.6. The van der Waals surface area contributed by atoms with Crippen LogP contribution in [0.5, 0.6) is 0 Å². The molecular formula is C18H22N4O3. The summed E-state index contributed by atoms with van der Waals surface area (Å²) in [4.78, 5) is 30.0. The van der Waals surface area contributed by atoms with Gasteiger partial charge in [0.25, 0.3) is 5.56 Å². The topological polar surface area (TPSA) is 90.5 Å². The molecule has 7 heteroatoms. The molecule has 2 aromatic rings. The van der Waals surface area contributed by atoms with E-state index in [1.807, 2.05) is 26.8 Å². The Labute approximate surface area is 146 Å². The number of amides is 1. The van der Waals surface area contributed by atoms with Crippen LogP contribution in [0.1, 0.15) is 32.3 Å². The van der Waals surface area contributed by atoms with Gasteiger partial charge in [-0.2, -0.15) is 0 Å². The molecule has 1 fully saturated rings. The minimum Gasteiger partial charge on any atom is -0.444 e. The normalized spacial score (nSPS) is 14.9. The summed E-state index contributed by atoms with van der Waals surface area (Å²) >= 11 is 0. The predicted molar refractivity (Wildman–Crippen MR) is 94.8 cm³/mol. The standard InChI is InChI=1S/C18H22N4O3/c1-18(2,3)25-17(24)21-10-13(11-21)12-6-7-15(20-9-12)22-8-4-5-14(19)16(22)23/h4-9,13H,10-11,19H2,1-3H3. The van der Waals surface area contributed by atoms with E-state index >= 15 is 0 Å². The molecule has 0 spiro atoms. The fraction of sp³-hybridized carbons (Fsp3) is 0.389. The van der Waals surface area contributed by atoms with Crippen LogP contribution < -0.4 is 11.3 Å². The number of pyridine rings is 2. The summed E-state index contributed by atoms with van der Waals surface area (Å²) in [6.07, 6.45) is 3.08. The number of nitrogens with zero attached hydrogens (tertiary/aromatic N) is 3. The molecule has 3 heterocycles. The number of carbonyl (C=O) groups is 1. The van der Waals surface area contributed by atoms with Crippen LogP contribution in [0.25, 0.3) is 5.82 Å². The summed E-state index contributed by atoms with van der Waals surface area (Å²) in [5.41, 5.74) is 6.07. The van der Waals surface area contributed by atoms with Gasteiger partial charge in [-0.1, -0.05) is 6.07 Å². The van der Waals surface area contributed by atoms with Gasteiger partial charge in [0.1, 0.15) is 11.4 Å². The van der Waals surface area contributed by atoms with Gasteiger partial charge < -0.3 is 15.4 Å². The molecule has 1 amide bonds. The third-order valence-corrected chi connectivity index (χ3v) is 4.00. The fourth-order valence-electron chi connectivity index (χ4n) is 2.64. The van der Waals surface area contributed by atoms with Crippen LogP contribution in [0.4, 0.5) is 10.5 Å². The second-order valence-electron chi connectivity index (χ2n) is 7.17. The third kappa shape index (κ3) is 3.65. The van der Waals surface area contributed by atoms with Crippen molar-refractivity contribution in [3.63, 3.8) is 0 Å². The summed E-state index contributed by atoms with van der Waals surface area (Å²) in [5, 5.41) is 0. The van der Waals surface area contributed by atoms with E-state index in [0.29, 0.717) is 18.9 Å². The van der Waals surface area contributed by atoms with Gasteiger partial charge in [-0.25, -0.2) is 9.78 Å². The van der Waals surface area contributed by atoms with Crippen LogP contribution in [0.3, 0.4) is 0 Å². The molecule has 1 aliphatic rings. The summed E-state index contributed by atoms with van der Waals surface area (Å²) < 4.78 is 6.76. The second-order valence-corrected chi connectivity index (χ2v) is 7.17. The SMILES string of the molecule is CC(C)(C)OC(=O)N1CC(c2ccc(-n3cccc(N)c3=O)nc2)C1. The maximum Gasteiger partial charge on any atom is 0.410 e. The summed E-state index contributed by atoms with van der Waals surface area (Å²) in [7, 11) is 0. The van der Waals surface area contributed by atoms with E-state index < -0.39 is 5.60 Å². The van der Waals surface area contributed by atoms with Gasteiger partial charge in [0.05, 0.1) is 5.69 Å². The largest absolute Gasteiger partial charge is 0.444 e. The van der Waals surface area contributed by atoms with Crippen LogP contribution in [0, 0.1) is 0 Å². The number of aromatic nitrogens is 2. The van der Waals surface area contributed by atoms with E-state index in [1.165, 1.54) is 4.57 Å². The number of rotatable bonds is 2. The molecule has 7 nitrogen and oxygen atoms in total. The molecule has 0 unspecified atom stereocenters. The smallest absolute Gasteiger partial charge is 0.410 e. The lowest BCUT2D eigenvalue weighted by Gasteiger charge is -2.39. The molecule has 0 saturated carbocycles. The summed E-state index contributed by atoms with van der Waals surface area (Å²) in [6.45, 7) is 6.76. The molecule has 0 aromatic carbocycles. The highest BCUT2D eigenvalue weighted by molar-refractivity contribution is 5.69. The molecule has 0 bridgehead atoms. The number of likely N-dealkylation sites (tertiary alicyclic amines) is 1. The molecule has 1 saturated heterocycles. The number of ether oxygens (including phenoxy) is 1. The minimum absolute atomic E-state index is 0.181. The Bertz CT molecular complexity index is 831. The molecular weight excluding hydrogens is 320 g/mol. The zero-order valence-corrected chi connectivity index (χ0v) is 14.6. The summed E-state index contributed by atoms with van der Waals surface area (Å²) in [6, 6.07) is 6.98. The number of carbonyl (C=O) groups excluding carboxylic acids is 1. The van der Waals surface area contributed by atoms with Crippen molar-refractivity contribution in [1.82, 2.24) is 14.5 Å². The second kappa shape index (κ2) is 6.23. The van der Waals surface area contributed by atoms with E-state index in [0.717, 1.165) is 5.56 Å². The maximum atomic E-state index is 12.0. The lowest BCUT2D eigenvalue weighted by Crippen LogP contribution is -2.50. The molecule has 3 rings (SSSR count). The Morgan fingerprint density at radius 2 is 2.00 bits per heavy atom. The van der Waals surface area contributed by atoms with Crippen LogP contribution >= 0.6 is 0 Å². The van der Waals surface area contributed by atoms with Gasteiger partial charge in [0, 0.05) is 31.4 Å². The third-order valence-electron chi connectivity index (χ3n) is 4.00. The van der Waals surface area contributed by atoms with Crippen molar-refractivity contribution in [3.05, 3.63) is 52.6 Å². The van der Waals surface area contributed by atoms with Crippen LogP contribution in [0.2, 0.25) is 0 Å². The van der Waals surface area contributed by atoms with Gasteiger partial charge in [-0.15, -0.1) is 0 Å². The van der Waals surface area contributed by atoms with Crippen molar-refractivity contribution in [2.45, 2.75) is 32.3 Å². The highest BCUT2D eigenvalue weighted by Gasteiger charge is 2.34. The molecule has 0 atom stereocenters. The van der Waals surface area contributed by atoms with Gasteiger partial charge in [-0.3, -0.25) is 9.36 Å². The number of nitrogens with two attached hydrogens (primary N) is 1. The molecule has 0 aliphatic carbocycles. The van der Waals surface area contributed by atoms with Gasteiger partial charge in [-0.05, 0) is 44.5 Å². The van der Waals surface area contributed by atoms with E-state index in [-0.39, 0.29) is 23.3 Å². The van der Waals surface area contributed by atoms with Crippen molar-refractivity contribution < 1.29 is 9.53 Å². The highest BCUT2D eigenvalue weighted by Crippen LogP contribution is 2.28. The van der Waals surface area contributed by atoms with E-state index in [2.05, 4.69) is 4.98 Å². The molecule has 25 heavy (non-hydrogen) atoms. The fourth-order valence-corrected chi connectivity index (χ4v) is 2.64. The first-order valence-electron chi connectivity index (χ1n) is 8.16. The predicted octanol–water partition coefficient (Wildman–Crippen LogP) is 2.15. The zero-order valence-electron chi connectivity index (χ0n) is 14.6. The Hall–Kier alpha value is -2.83. The maximum absolute atomic E-state index is 12.0. The van der Waals surface area contributed by atoms with E-state index in [4.69, 9.17) is 10.5 Å². The number of hydrogen-bond donors (Lipinski definition) is 1. The van der Waals surface area contributed by atoms with Crippen molar-refractivity contribution in [2.24, 2.45) is 0 Å². The van der Waals surface area contributed by atoms with Crippen molar-refractivity contribution in [3.8, 4) is 5.82 Å². The Kier molecular flexibility index (Phi) is 4.24. The first kappa shape index (κ1) is 17.0. The van der Waals surface area contributed by atoms with E-state index in [9.17, 15) is 9.59 Å². The van der Waals surface area contributed by atoms with Crippen LogP contribution in [-0.4, -0.2) is 39.2 Å². The average molecular weight is 342 g/mol. The summed E-state index contributed by atoms with van der Waals surface area (Å²) in [5.74, 6) is 0.746. The van der Waals surface area contributed by atoms with Gasteiger partial charge in [0.15, 0.2) is 0 Å². The van der Waals surface area contributed by atoms with Crippen LogP contribution in [-0.2, 0) is 4.74 Å². The zero-order chi connectivity index (χ0) is 18.2.